The number of carbonyl (C=O) groups excluding carboxylic acids is 1. The second kappa shape index (κ2) is 5.54. The molecule has 2 nitrogen and oxygen atoms in total. The molecule has 104 valence electrons. The molecule has 2 aromatic carbocycles. The summed E-state index contributed by atoms with van der Waals surface area (Å²) in [6.45, 7) is 0. The first kappa shape index (κ1) is 14.4. The molecule has 0 aliphatic rings. The number of esters is 1. The van der Waals surface area contributed by atoms with Gasteiger partial charge in [-0.05, 0) is 30.3 Å². The van der Waals surface area contributed by atoms with Gasteiger partial charge in [0.25, 0.3) is 0 Å². The molecule has 0 atom stereocenters. The van der Waals surface area contributed by atoms with Crippen molar-refractivity contribution in [1.82, 2.24) is 0 Å². The third-order valence-corrected chi connectivity index (χ3v) is 2.70. The van der Waals surface area contributed by atoms with Crippen molar-refractivity contribution in [3.63, 3.8) is 0 Å². The number of alkyl halides is 3. The van der Waals surface area contributed by atoms with Crippen LogP contribution >= 0.6 is 11.6 Å². The highest BCUT2D eigenvalue weighted by atomic mass is 35.5. The zero-order valence-corrected chi connectivity index (χ0v) is 10.7. The molecule has 0 heterocycles. The van der Waals surface area contributed by atoms with E-state index in [2.05, 4.69) is 0 Å². The van der Waals surface area contributed by atoms with E-state index in [4.69, 9.17) is 16.3 Å². The molecule has 0 aliphatic heterocycles. The van der Waals surface area contributed by atoms with Gasteiger partial charge in [0, 0.05) is 5.02 Å². The van der Waals surface area contributed by atoms with Crippen molar-refractivity contribution >= 4 is 17.6 Å². The zero-order valence-electron chi connectivity index (χ0n) is 9.95. The largest absolute Gasteiger partial charge is 0.423 e. The number of hydrogen-bond acceptors (Lipinski definition) is 2. The highest BCUT2D eigenvalue weighted by Gasteiger charge is 2.36. The van der Waals surface area contributed by atoms with Crippen molar-refractivity contribution in [3.8, 4) is 5.75 Å². The fraction of sp³-hybridized carbons (Fsp3) is 0.0714. The molecule has 0 amide bonds. The van der Waals surface area contributed by atoms with Gasteiger partial charge >= 0.3 is 12.1 Å². The van der Waals surface area contributed by atoms with Crippen molar-refractivity contribution in [2.45, 2.75) is 6.18 Å². The first-order valence-electron chi connectivity index (χ1n) is 5.52. The second-order valence-electron chi connectivity index (χ2n) is 3.89. The van der Waals surface area contributed by atoms with Gasteiger partial charge < -0.3 is 4.74 Å². The van der Waals surface area contributed by atoms with Crippen LogP contribution in [0.1, 0.15) is 15.9 Å². The SMILES string of the molecule is O=C(Oc1ccccc1)c1ccc(Cl)cc1C(F)(F)F. The highest BCUT2D eigenvalue weighted by molar-refractivity contribution is 6.30. The fourth-order valence-electron chi connectivity index (χ4n) is 1.58. The maximum absolute atomic E-state index is 12.9. The van der Waals surface area contributed by atoms with Crippen molar-refractivity contribution in [2.24, 2.45) is 0 Å². The Kier molecular flexibility index (Phi) is 3.99. The lowest BCUT2D eigenvalue weighted by Crippen LogP contribution is -2.17. The number of ether oxygens (including phenoxy) is 1. The predicted molar refractivity (Wildman–Crippen MR) is 67.9 cm³/mol. The van der Waals surface area contributed by atoms with Gasteiger partial charge in [-0.15, -0.1) is 0 Å². The van der Waals surface area contributed by atoms with Crippen molar-refractivity contribution in [2.75, 3.05) is 0 Å². The van der Waals surface area contributed by atoms with Crippen LogP contribution in [0.4, 0.5) is 13.2 Å². The lowest BCUT2D eigenvalue weighted by molar-refractivity contribution is -0.138. The number of para-hydroxylation sites is 1. The van der Waals surface area contributed by atoms with E-state index >= 15 is 0 Å². The van der Waals surface area contributed by atoms with Gasteiger partial charge in [-0.1, -0.05) is 29.8 Å². The third kappa shape index (κ3) is 3.30. The number of rotatable bonds is 2. The van der Waals surface area contributed by atoms with E-state index in [1.165, 1.54) is 18.2 Å². The summed E-state index contributed by atoms with van der Waals surface area (Å²) >= 11 is 5.54. The van der Waals surface area contributed by atoms with E-state index < -0.39 is 23.3 Å². The Morgan fingerprint density at radius 2 is 1.70 bits per heavy atom. The van der Waals surface area contributed by atoms with Gasteiger partial charge in [-0.2, -0.15) is 13.2 Å². The van der Waals surface area contributed by atoms with Gasteiger partial charge in [0.1, 0.15) is 5.75 Å². The smallest absolute Gasteiger partial charge is 0.417 e. The number of carbonyl (C=O) groups is 1. The molecular weight excluding hydrogens is 293 g/mol. The molecular formula is C14H8ClF3O2. The fourth-order valence-corrected chi connectivity index (χ4v) is 1.75. The molecule has 2 aromatic rings. The Bertz CT molecular complexity index is 624. The minimum atomic E-state index is -4.68. The monoisotopic (exact) mass is 300 g/mol. The van der Waals surface area contributed by atoms with Crippen LogP contribution < -0.4 is 4.74 Å². The summed E-state index contributed by atoms with van der Waals surface area (Å²) in [6, 6.07) is 10.8. The predicted octanol–water partition coefficient (Wildman–Crippen LogP) is 4.58. The van der Waals surface area contributed by atoms with Gasteiger partial charge in [-0.3, -0.25) is 0 Å². The highest BCUT2D eigenvalue weighted by Crippen LogP contribution is 2.34. The summed E-state index contributed by atoms with van der Waals surface area (Å²) in [4.78, 5) is 11.8. The third-order valence-electron chi connectivity index (χ3n) is 2.46. The Balaban J connectivity index is 2.35. The Labute approximate surface area is 117 Å². The second-order valence-corrected chi connectivity index (χ2v) is 4.33. The first-order chi connectivity index (χ1) is 9.38. The van der Waals surface area contributed by atoms with Crippen molar-refractivity contribution in [1.29, 1.82) is 0 Å². The molecule has 0 aliphatic carbocycles. The Morgan fingerprint density at radius 3 is 2.30 bits per heavy atom. The van der Waals surface area contributed by atoms with Crippen LogP contribution in [-0.2, 0) is 6.18 Å². The summed E-state index contributed by atoms with van der Waals surface area (Å²) in [6.07, 6.45) is -4.68. The number of hydrogen-bond donors (Lipinski definition) is 0. The van der Waals surface area contributed by atoms with Crippen molar-refractivity contribution in [3.05, 3.63) is 64.7 Å². The zero-order chi connectivity index (χ0) is 14.8. The molecule has 0 spiro atoms. The van der Waals surface area contributed by atoms with Gasteiger partial charge in [0.15, 0.2) is 0 Å². The molecule has 0 unspecified atom stereocenters. The summed E-state index contributed by atoms with van der Waals surface area (Å²) in [7, 11) is 0. The molecule has 0 radical (unpaired) electrons. The summed E-state index contributed by atoms with van der Waals surface area (Å²) < 4.78 is 43.5. The molecule has 0 bridgehead atoms. The normalized spacial score (nSPS) is 11.2. The van der Waals surface area contributed by atoms with Crippen LogP contribution in [0.3, 0.4) is 0 Å². The lowest BCUT2D eigenvalue weighted by Gasteiger charge is -2.12. The average Bonchev–Trinajstić information content (AvgIpc) is 2.38. The Morgan fingerprint density at radius 1 is 1.05 bits per heavy atom. The molecule has 2 rings (SSSR count). The van der Waals surface area contributed by atoms with E-state index in [0.29, 0.717) is 6.07 Å². The van der Waals surface area contributed by atoms with Crippen LogP contribution in [0, 0.1) is 0 Å². The van der Waals surface area contributed by atoms with Gasteiger partial charge in [0.2, 0.25) is 0 Å². The molecule has 0 N–H and O–H groups in total. The molecule has 20 heavy (non-hydrogen) atoms. The van der Waals surface area contributed by atoms with Crippen LogP contribution in [0.15, 0.2) is 48.5 Å². The minimum absolute atomic E-state index is 0.103. The maximum Gasteiger partial charge on any atom is 0.417 e. The van der Waals surface area contributed by atoms with E-state index in [0.717, 1.165) is 6.07 Å². The summed E-state index contributed by atoms with van der Waals surface area (Å²) in [5, 5.41) is -0.103. The van der Waals surface area contributed by atoms with Crippen LogP contribution in [0.5, 0.6) is 5.75 Å². The number of halogens is 4. The minimum Gasteiger partial charge on any atom is -0.423 e. The van der Waals surface area contributed by atoms with Crippen molar-refractivity contribution < 1.29 is 22.7 Å². The quantitative estimate of drug-likeness (QED) is 0.599. The van der Waals surface area contributed by atoms with Crippen LogP contribution in [0.25, 0.3) is 0 Å². The topological polar surface area (TPSA) is 26.3 Å². The Hall–Kier alpha value is -2.01. The average molecular weight is 301 g/mol. The first-order valence-corrected chi connectivity index (χ1v) is 5.89. The standard InChI is InChI=1S/C14H8ClF3O2/c15-9-6-7-11(12(8-9)14(16,17)18)13(19)20-10-4-2-1-3-5-10/h1-8H. The molecule has 0 aromatic heterocycles. The molecule has 6 heteroatoms. The van der Waals surface area contributed by atoms with E-state index in [-0.39, 0.29) is 10.8 Å². The van der Waals surface area contributed by atoms with E-state index in [9.17, 15) is 18.0 Å². The van der Waals surface area contributed by atoms with E-state index in [1.54, 1.807) is 18.2 Å². The lowest BCUT2D eigenvalue weighted by atomic mass is 10.1. The molecule has 0 saturated heterocycles. The maximum atomic E-state index is 12.9. The number of benzene rings is 2. The summed E-state index contributed by atoms with van der Waals surface area (Å²) in [5.41, 5.74) is -1.70. The van der Waals surface area contributed by atoms with Crippen LogP contribution in [0.2, 0.25) is 5.02 Å². The van der Waals surface area contributed by atoms with Gasteiger partial charge in [-0.25, -0.2) is 4.79 Å². The molecule has 0 saturated carbocycles. The van der Waals surface area contributed by atoms with E-state index in [1.807, 2.05) is 0 Å². The van der Waals surface area contributed by atoms with Crippen LogP contribution in [-0.4, -0.2) is 5.97 Å². The molecule has 0 fully saturated rings. The van der Waals surface area contributed by atoms with Gasteiger partial charge in [0.05, 0.1) is 11.1 Å². The summed E-state index contributed by atoms with van der Waals surface area (Å²) in [5.74, 6) is -0.916.